The van der Waals surface area contributed by atoms with E-state index < -0.39 is 19.8 Å². The number of hydrogen-bond acceptors (Lipinski definition) is 2. The third-order valence-corrected chi connectivity index (χ3v) is 9.67. The molecule has 0 aromatic heterocycles. The van der Waals surface area contributed by atoms with E-state index in [1.807, 2.05) is 0 Å². The van der Waals surface area contributed by atoms with Crippen LogP contribution in [0.25, 0.3) is 0 Å². The zero-order chi connectivity index (χ0) is 25.4. The van der Waals surface area contributed by atoms with Crippen molar-refractivity contribution in [3.8, 4) is 11.9 Å². The third kappa shape index (κ3) is 5.27. The number of nitrogens with zero attached hydrogens (tertiary/aromatic N) is 2. The van der Waals surface area contributed by atoms with Crippen LogP contribution in [-0.2, 0) is 0 Å². The first-order valence-corrected chi connectivity index (χ1v) is 12.4. The molecule has 0 saturated heterocycles. The van der Waals surface area contributed by atoms with Crippen LogP contribution in [0.5, 0.6) is 0 Å². The van der Waals surface area contributed by atoms with Crippen molar-refractivity contribution in [2.45, 2.75) is 6.08 Å². The smallest absolute Gasteiger partial charge is 0.447 e. The Kier molecular flexibility index (Phi) is 8.08. The number of nitriles is 2. The minimum Gasteiger partial charge on any atom is -0.474 e. The van der Waals surface area contributed by atoms with Crippen molar-refractivity contribution in [2.75, 3.05) is 0 Å². The van der Waals surface area contributed by atoms with Crippen molar-refractivity contribution < 1.29 is 17.5 Å². The first kappa shape index (κ1) is 25.7. The highest BCUT2D eigenvalue weighted by Crippen LogP contribution is 2.53. The van der Waals surface area contributed by atoms with E-state index in [1.165, 1.54) is 21.2 Å². The summed E-state index contributed by atoms with van der Waals surface area (Å²) in [5.74, 6) is 0.556. The predicted octanol–water partition coefficient (Wildman–Crippen LogP) is 5.43. The summed E-state index contributed by atoms with van der Waals surface area (Å²) in [6, 6.07) is 43.8. The van der Waals surface area contributed by atoms with E-state index in [0.29, 0.717) is 0 Å². The number of halogens is 4. The standard InChI is InChI=1S/C24H20P.C3BF4N2/c1-5-13-21(14-6-1)25(22-15-7-2-8-16-22,23-17-9-3-10-18-23)24-19-11-4-12-20-24;5-3(6,7)4(8,1-9)2-10/h1-20H;/q+1;-1. The van der Waals surface area contributed by atoms with E-state index in [2.05, 4.69) is 121 Å². The van der Waals surface area contributed by atoms with Gasteiger partial charge in [0.05, 0.1) is 0 Å². The van der Waals surface area contributed by atoms with Crippen LogP contribution in [0.15, 0.2) is 121 Å². The van der Waals surface area contributed by atoms with Crippen molar-refractivity contribution in [2.24, 2.45) is 0 Å². The van der Waals surface area contributed by atoms with Crippen molar-refractivity contribution in [3.63, 3.8) is 0 Å². The molecular weight excluding hydrogens is 470 g/mol. The van der Waals surface area contributed by atoms with Crippen molar-refractivity contribution in [3.05, 3.63) is 121 Å². The van der Waals surface area contributed by atoms with Gasteiger partial charge >= 0.3 is 12.5 Å². The minimum absolute atomic E-state index is 0.278. The molecule has 8 heteroatoms. The van der Waals surface area contributed by atoms with Crippen LogP contribution in [-0.4, -0.2) is 12.5 Å². The molecule has 0 amide bonds. The molecule has 0 aliphatic rings. The maximum atomic E-state index is 12.0. The predicted molar refractivity (Wildman–Crippen MR) is 135 cm³/mol. The number of hydrogen-bond donors (Lipinski definition) is 0. The van der Waals surface area contributed by atoms with E-state index in [0.717, 1.165) is 0 Å². The third-order valence-electron chi connectivity index (χ3n) is 5.38. The molecule has 4 aromatic carbocycles. The first-order valence-electron chi connectivity index (χ1n) is 10.6. The molecule has 0 N–H and O–H groups in total. The van der Waals surface area contributed by atoms with E-state index in [9.17, 15) is 17.5 Å². The van der Waals surface area contributed by atoms with Crippen molar-refractivity contribution >= 4 is 34.9 Å². The molecule has 0 spiro atoms. The molecule has 0 fully saturated rings. The van der Waals surface area contributed by atoms with Crippen LogP contribution in [0.2, 0.25) is 0 Å². The first-order chi connectivity index (χ1) is 16.8. The summed E-state index contributed by atoms with van der Waals surface area (Å²) in [5.41, 5.74) is 0. The summed E-state index contributed by atoms with van der Waals surface area (Å²) in [5, 5.41) is 20.7. The molecule has 0 bridgehead atoms. The lowest BCUT2D eigenvalue weighted by Crippen LogP contribution is -2.44. The topological polar surface area (TPSA) is 47.6 Å². The summed E-state index contributed by atoms with van der Waals surface area (Å²) in [7, 11) is -1.91. The van der Waals surface area contributed by atoms with Gasteiger partial charge in [-0.05, 0) is 48.5 Å². The fraction of sp³-hybridized carbons (Fsp3) is 0.0370. The van der Waals surface area contributed by atoms with Gasteiger partial charge in [0.25, 0.3) is 0 Å². The van der Waals surface area contributed by atoms with Crippen LogP contribution in [0, 0.1) is 22.5 Å². The van der Waals surface area contributed by atoms with Gasteiger partial charge in [0.2, 0.25) is 0 Å². The highest BCUT2D eigenvalue weighted by molar-refractivity contribution is 8.01. The van der Waals surface area contributed by atoms with Gasteiger partial charge in [-0.2, -0.15) is 0 Å². The van der Waals surface area contributed by atoms with Crippen LogP contribution in [0.4, 0.5) is 17.5 Å². The van der Waals surface area contributed by atoms with Crippen LogP contribution >= 0.6 is 7.26 Å². The van der Waals surface area contributed by atoms with Gasteiger partial charge in [0.15, 0.2) is 0 Å². The van der Waals surface area contributed by atoms with E-state index in [4.69, 9.17) is 10.5 Å². The second kappa shape index (κ2) is 11.0. The summed E-state index contributed by atoms with van der Waals surface area (Å²) in [4.78, 5) is 0. The zero-order valence-electron chi connectivity index (χ0n) is 18.5. The fourth-order valence-corrected chi connectivity index (χ4v) is 7.94. The molecule has 0 saturated carbocycles. The SMILES string of the molecule is N#C[B-](F)(C#N)C(F)(F)F.c1ccc([P+](c2ccccc2)(c2ccccc2)c2ccccc2)cc1. The van der Waals surface area contributed by atoms with Gasteiger partial charge in [0, 0.05) is 0 Å². The normalized spacial score (nSPS) is 11.4. The van der Waals surface area contributed by atoms with Gasteiger partial charge in [0.1, 0.15) is 28.5 Å². The Hall–Kier alpha value is -3.93. The second-order valence-corrected chi connectivity index (χ2v) is 11.0. The van der Waals surface area contributed by atoms with Gasteiger partial charge in [-0.25, -0.2) is 23.7 Å². The summed E-state index contributed by atoms with van der Waals surface area (Å²) < 4.78 is 45.9. The largest absolute Gasteiger partial charge is 0.474 e. The molecular formula is C27H20BF4N2P. The van der Waals surface area contributed by atoms with E-state index in [1.54, 1.807) is 0 Å². The van der Waals surface area contributed by atoms with Gasteiger partial charge in [-0.1, -0.05) is 84.7 Å². The summed E-state index contributed by atoms with van der Waals surface area (Å²) in [6.45, 7) is 0. The van der Waals surface area contributed by atoms with Crippen LogP contribution in [0.1, 0.15) is 0 Å². The molecule has 4 rings (SSSR count). The Balaban J connectivity index is 0.000000292. The maximum absolute atomic E-state index is 12.0. The lowest BCUT2D eigenvalue weighted by Gasteiger charge is -2.27. The van der Waals surface area contributed by atoms with Gasteiger partial charge < -0.3 is 4.32 Å². The molecule has 0 atom stereocenters. The maximum Gasteiger partial charge on any atom is 0.447 e. The Morgan fingerprint density at radius 3 is 0.886 bits per heavy atom. The quantitative estimate of drug-likeness (QED) is 0.218. The number of rotatable bonds is 4. The average Bonchev–Trinajstić information content (AvgIpc) is 2.91. The monoisotopic (exact) mass is 490 g/mol. The van der Waals surface area contributed by atoms with Crippen LogP contribution < -0.4 is 21.2 Å². The molecule has 2 nitrogen and oxygen atoms in total. The number of alkyl halides is 3. The van der Waals surface area contributed by atoms with Crippen LogP contribution in [0.3, 0.4) is 0 Å². The molecule has 174 valence electrons. The lowest BCUT2D eigenvalue weighted by atomic mass is 9.46. The van der Waals surface area contributed by atoms with E-state index >= 15 is 0 Å². The molecule has 0 heterocycles. The van der Waals surface area contributed by atoms with Gasteiger partial charge in [-0.3, -0.25) is 0 Å². The number of benzene rings is 4. The molecule has 35 heavy (non-hydrogen) atoms. The second-order valence-electron chi connectivity index (χ2n) is 7.57. The van der Waals surface area contributed by atoms with Crippen molar-refractivity contribution in [1.82, 2.24) is 0 Å². The molecule has 0 aliphatic carbocycles. The minimum atomic E-state index is -5.37. The Bertz CT molecular complexity index is 1130. The molecule has 0 radical (unpaired) electrons. The Morgan fingerprint density at radius 1 is 0.514 bits per heavy atom. The van der Waals surface area contributed by atoms with E-state index in [-0.39, 0.29) is 11.9 Å². The summed E-state index contributed by atoms with van der Waals surface area (Å²) in [6.07, 6.45) is -10.4. The molecule has 0 aliphatic heterocycles. The van der Waals surface area contributed by atoms with Crippen molar-refractivity contribution in [1.29, 1.82) is 10.5 Å². The Labute approximate surface area is 202 Å². The average molecular weight is 490 g/mol. The summed E-state index contributed by atoms with van der Waals surface area (Å²) >= 11 is 0. The molecule has 4 aromatic rings. The fourth-order valence-electron chi connectivity index (χ4n) is 3.68. The highest BCUT2D eigenvalue weighted by Gasteiger charge is 2.51. The molecule has 0 unspecified atom stereocenters. The zero-order valence-corrected chi connectivity index (χ0v) is 19.4. The van der Waals surface area contributed by atoms with Gasteiger partial charge in [-0.15, -0.1) is 0 Å². The Morgan fingerprint density at radius 2 is 0.743 bits per heavy atom. The lowest BCUT2D eigenvalue weighted by molar-refractivity contribution is -0.0596. The highest BCUT2D eigenvalue weighted by atomic mass is 31.2.